The topological polar surface area (TPSA) is 110 Å². The fraction of sp³-hybridized carbons (Fsp3) is 0.261. The number of carbonyl (C=O) groups is 3. The molecule has 1 aromatic heterocycles. The number of nitrogens with one attached hydrogen (secondary N) is 3. The Bertz CT molecular complexity index is 1130. The largest absolute Gasteiger partial charge is 0.450 e. The van der Waals surface area contributed by atoms with Crippen molar-refractivity contribution in [3.63, 3.8) is 0 Å². The summed E-state index contributed by atoms with van der Waals surface area (Å²) in [7, 11) is 0. The third-order valence-electron chi connectivity index (χ3n) is 4.83. The van der Waals surface area contributed by atoms with Crippen LogP contribution >= 0.6 is 23.5 Å². The molecule has 0 radical (unpaired) electrons. The number of benzene rings is 2. The van der Waals surface area contributed by atoms with Crippen molar-refractivity contribution < 1.29 is 23.5 Å². The highest BCUT2D eigenvalue weighted by molar-refractivity contribution is 8.16. The second-order valence-corrected chi connectivity index (χ2v) is 9.77. The highest BCUT2D eigenvalue weighted by atomic mass is 32.2. The van der Waals surface area contributed by atoms with Crippen LogP contribution in [-0.2, 0) is 21.8 Å². The van der Waals surface area contributed by atoms with Crippen LogP contribution in [0.3, 0.4) is 0 Å². The molecule has 10 heteroatoms. The normalized spacial score (nSPS) is 15.3. The van der Waals surface area contributed by atoms with Gasteiger partial charge in [0.1, 0.15) is 10.3 Å². The van der Waals surface area contributed by atoms with Gasteiger partial charge < -0.3 is 14.5 Å². The molecule has 0 saturated carbocycles. The number of carbonyl (C=O) groups excluding carboxylic acids is 3. The summed E-state index contributed by atoms with van der Waals surface area (Å²) in [5.41, 5.74) is 2.21. The summed E-state index contributed by atoms with van der Waals surface area (Å²) in [5.74, 6) is 0.210. The lowest BCUT2D eigenvalue weighted by atomic mass is 10.1. The van der Waals surface area contributed by atoms with E-state index in [9.17, 15) is 14.4 Å². The van der Waals surface area contributed by atoms with E-state index < -0.39 is 24.5 Å². The minimum atomic E-state index is -0.742. The van der Waals surface area contributed by atoms with Crippen molar-refractivity contribution in [1.82, 2.24) is 16.0 Å². The van der Waals surface area contributed by atoms with Crippen molar-refractivity contribution in [3.8, 4) is 0 Å². The van der Waals surface area contributed by atoms with E-state index in [1.54, 1.807) is 17.8 Å². The van der Waals surface area contributed by atoms with Gasteiger partial charge in [-0.1, -0.05) is 48.5 Å². The number of hydrogen-bond donors (Lipinski definition) is 3. The van der Waals surface area contributed by atoms with Gasteiger partial charge in [-0.2, -0.15) is 0 Å². The van der Waals surface area contributed by atoms with Crippen LogP contribution < -0.4 is 16.0 Å². The molecule has 1 aliphatic heterocycles. The van der Waals surface area contributed by atoms with E-state index in [-0.39, 0.29) is 17.0 Å². The lowest BCUT2D eigenvalue weighted by Gasteiger charge is -2.09. The SMILES string of the molecule is O=C(COC(=O)c1oc2ccccc2c1CS[C@@H]1NCCS1)NC(=O)NCc1ccccc1. The molecule has 0 bridgehead atoms. The lowest BCUT2D eigenvalue weighted by Crippen LogP contribution is -2.41. The van der Waals surface area contributed by atoms with Gasteiger partial charge in [0, 0.05) is 35.5 Å². The van der Waals surface area contributed by atoms with Gasteiger partial charge in [0.15, 0.2) is 6.61 Å². The Hall–Kier alpha value is -2.95. The Kier molecular flexibility index (Phi) is 7.92. The van der Waals surface area contributed by atoms with Gasteiger partial charge in [0.2, 0.25) is 5.76 Å². The first-order valence-corrected chi connectivity index (χ1v) is 12.5. The molecular formula is C23H23N3O5S2. The minimum Gasteiger partial charge on any atom is -0.450 e. The van der Waals surface area contributed by atoms with Gasteiger partial charge in [-0.25, -0.2) is 9.59 Å². The van der Waals surface area contributed by atoms with Crippen molar-refractivity contribution in [2.24, 2.45) is 0 Å². The molecule has 1 aliphatic rings. The molecule has 1 saturated heterocycles. The number of thioether (sulfide) groups is 2. The molecular weight excluding hydrogens is 462 g/mol. The third kappa shape index (κ3) is 6.31. The third-order valence-corrected chi connectivity index (χ3v) is 7.48. The number of esters is 1. The Morgan fingerprint density at radius 1 is 1.12 bits per heavy atom. The highest BCUT2D eigenvalue weighted by Gasteiger charge is 2.24. The first-order valence-electron chi connectivity index (χ1n) is 10.4. The fourth-order valence-corrected chi connectivity index (χ4v) is 5.66. The van der Waals surface area contributed by atoms with Crippen LogP contribution in [0.4, 0.5) is 4.79 Å². The summed E-state index contributed by atoms with van der Waals surface area (Å²) < 4.78 is 11.1. The molecule has 2 aromatic carbocycles. The Morgan fingerprint density at radius 3 is 2.70 bits per heavy atom. The number of urea groups is 1. The zero-order valence-electron chi connectivity index (χ0n) is 17.7. The smallest absolute Gasteiger partial charge is 0.375 e. The molecule has 8 nitrogen and oxygen atoms in total. The average Bonchev–Trinajstić information content (AvgIpc) is 3.48. The number of imide groups is 1. The monoisotopic (exact) mass is 485 g/mol. The quantitative estimate of drug-likeness (QED) is 0.416. The van der Waals surface area contributed by atoms with E-state index >= 15 is 0 Å². The van der Waals surface area contributed by atoms with Crippen LogP contribution in [0.15, 0.2) is 59.0 Å². The van der Waals surface area contributed by atoms with Crippen molar-refractivity contribution in [1.29, 1.82) is 0 Å². The van der Waals surface area contributed by atoms with Crippen molar-refractivity contribution in [2.75, 3.05) is 18.9 Å². The summed E-state index contributed by atoms with van der Waals surface area (Å²) in [6.45, 7) is 0.631. The number of amides is 3. The van der Waals surface area contributed by atoms with Crippen LogP contribution in [0.1, 0.15) is 21.7 Å². The molecule has 172 valence electrons. The van der Waals surface area contributed by atoms with Gasteiger partial charge in [-0.3, -0.25) is 15.4 Å². The first-order chi connectivity index (χ1) is 16.1. The number of rotatable bonds is 8. The fourth-order valence-electron chi connectivity index (χ4n) is 3.26. The van der Waals surface area contributed by atoms with Gasteiger partial charge in [-0.15, -0.1) is 23.5 Å². The zero-order chi connectivity index (χ0) is 23.0. The summed E-state index contributed by atoms with van der Waals surface area (Å²) >= 11 is 3.50. The lowest BCUT2D eigenvalue weighted by molar-refractivity contribution is -0.123. The number of para-hydroxylation sites is 1. The molecule has 3 N–H and O–H groups in total. The van der Waals surface area contributed by atoms with Gasteiger partial charge >= 0.3 is 12.0 Å². The minimum absolute atomic E-state index is 0.0769. The van der Waals surface area contributed by atoms with Crippen LogP contribution in [0.5, 0.6) is 0 Å². The van der Waals surface area contributed by atoms with Crippen LogP contribution in [0.25, 0.3) is 11.0 Å². The maximum absolute atomic E-state index is 12.7. The summed E-state index contributed by atoms with van der Waals surface area (Å²) in [6, 6.07) is 16.0. The van der Waals surface area contributed by atoms with E-state index in [4.69, 9.17) is 9.15 Å². The Balaban J connectivity index is 1.32. The van der Waals surface area contributed by atoms with Crippen molar-refractivity contribution in [2.45, 2.75) is 17.0 Å². The van der Waals surface area contributed by atoms with E-state index in [2.05, 4.69) is 16.0 Å². The van der Waals surface area contributed by atoms with E-state index in [0.29, 0.717) is 11.3 Å². The zero-order valence-corrected chi connectivity index (χ0v) is 19.3. The number of furan rings is 1. The summed E-state index contributed by atoms with van der Waals surface area (Å²) in [4.78, 5) is 36.7. The molecule has 4 rings (SSSR count). The molecule has 0 aliphatic carbocycles. The van der Waals surface area contributed by atoms with E-state index in [0.717, 1.165) is 28.8 Å². The second-order valence-electron chi connectivity index (χ2n) is 7.17. The molecule has 3 amide bonds. The first kappa shape index (κ1) is 23.2. The Labute approximate surface area is 199 Å². The maximum atomic E-state index is 12.7. The molecule has 33 heavy (non-hydrogen) atoms. The molecule has 2 heterocycles. The van der Waals surface area contributed by atoms with Crippen LogP contribution in [0, 0.1) is 0 Å². The molecule has 3 aromatic rings. The highest BCUT2D eigenvalue weighted by Crippen LogP contribution is 2.34. The standard InChI is InChI=1S/C23H23N3O5S2/c27-19(26-22(29)25-12-15-6-2-1-3-7-15)13-30-21(28)20-17(14-33-23-24-10-11-32-23)16-8-4-5-9-18(16)31-20/h1-9,23-24H,10-14H2,(H2,25,26,27,29)/t23-/m1/s1. The van der Waals surface area contributed by atoms with Crippen LogP contribution in [-0.4, -0.2) is 41.5 Å². The Morgan fingerprint density at radius 2 is 1.91 bits per heavy atom. The number of hydrogen-bond acceptors (Lipinski definition) is 8. The number of ether oxygens (including phenoxy) is 1. The number of fused-ring (bicyclic) bond motifs is 1. The van der Waals surface area contributed by atoms with Crippen LogP contribution in [0.2, 0.25) is 0 Å². The molecule has 1 atom stereocenters. The summed E-state index contributed by atoms with van der Waals surface area (Å²) in [6.07, 6.45) is 0. The van der Waals surface area contributed by atoms with Crippen molar-refractivity contribution >= 4 is 52.4 Å². The van der Waals surface area contributed by atoms with Gasteiger partial charge in [-0.05, 0) is 11.6 Å². The van der Waals surface area contributed by atoms with Gasteiger partial charge in [0.25, 0.3) is 5.91 Å². The predicted molar refractivity (Wildman–Crippen MR) is 129 cm³/mol. The summed E-state index contributed by atoms with van der Waals surface area (Å²) in [5, 5.41) is 8.95. The molecule has 1 fully saturated rings. The predicted octanol–water partition coefficient (Wildman–Crippen LogP) is 3.47. The molecule has 0 unspecified atom stereocenters. The maximum Gasteiger partial charge on any atom is 0.375 e. The van der Waals surface area contributed by atoms with E-state index in [1.165, 1.54) is 0 Å². The average molecular weight is 486 g/mol. The van der Waals surface area contributed by atoms with Crippen molar-refractivity contribution in [3.05, 3.63) is 71.5 Å². The second kappa shape index (κ2) is 11.3. The van der Waals surface area contributed by atoms with E-state index in [1.807, 2.05) is 60.3 Å². The molecule has 0 spiro atoms. The van der Waals surface area contributed by atoms with Gasteiger partial charge in [0.05, 0.1) is 0 Å².